The zero-order chi connectivity index (χ0) is 24.0. The Morgan fingerprint density at radius 3 is 2.69 bits per heavy atom. The van der Waals surface area contributed by atoms with E-state index in [1.807, 2.05) is 35.1 Å². The molecule has 1 N–H and O–H groups in total. The first-order chi connectivity index (χ1) is 17.1. The summed E-state index contributed by atoms with van der Waals surface area (Å²) in [5.41, 5.74) is 4.27. The topological polar surface area (TPSA) is 68.1 Å². The first-order valence-electron chi connectivity index (χ1n) is 11.9. The van der Waals surface area contributed by atoms with Crippen molar-refractivity contribution < 1.29 is 4.74 Å². The zero-order valence-corrected chi connectivity index (χ0v) is 21.4. The summed E-state index contributed by atoms with van der Waals surface area (Å²) in [7, 11) is 0. The summed E-state index contributed by atoms with van der Waals surface area (Å²) in [5, 5.41) is 10.4. The number of thioether (sulfide) groups is 1. The lowest BCUT2D eigenvalue weighted by Crippen LogP contribution is -2.37. The monoisotopic (exact) mass is 508 g/mol. The normalized spacial score (nSPS) is 14.5. The summed E-state index contributed by atoms with van der Waals surface area (Å²) in [4.78, 5) is 12.2. The van der Waals surface area contributed by atoms with Crippen molar-refractivity contribution in [2.45, 2.75) is 25.0 Å². The highest BCUT2D eigenvalue weighted by molar-refractivity contribution is 7.99. The zero-order valence-electron chi connectivity index (χ0n) is 19.8. The summed E-state index contributed by atoms with van der Waals surface area (Å²) in [6.45, 7) is 7.41. The molecule has 1 fully saturated rings. The molecule has 5 rings (SSSR count). The van der Waals surface area contributed by atoms with Crippen molar-refractivity contribution in [2.24, 2.45) is 0 Å². The van der Waals surface area contributed by atoms with Gasteiger partial charge in [0.25, 0.3) is 0 Å². The number of rotatable bonds is 9. The maximum atomic E-state index is 6.21. The summed E-state index contributed by atoms with van der Waals surface area (Å²) >= 11 is 7.88. The third-order valence-corrected chi connectivity index (χ3v) is 7.10. The van der Waals surface area contributed by atoms with Crippen LogP contribution in [0.5, 0.6) is 0 Å². The molecule has 1 aliphatic heterocycles. The summed E-state index contributed by atoms with van der Waals surface area (Å²) in [5.74, 6) is 1.66. The molecule has 0 amide bonds. The van der Waals surface area contributed by atoms with Gasteiger partial charge in [-0.25, -0.2) is 14.6 Å². The first kappa shape index (κ1) is 24.1. The number of hydrogen-bond acceptors (Lipinski definition) is 7. The highest BCUT2D eigenvalue weighted by Crippen LogP contribution is 2.28. The number of fused-ring (bicyclic) bond motifs is 1. The second-order valence-electron chi connectivity index (χ2n) is 8.63. The Bertz CT molecular complexity index is 1270. The van der Waals surface area contributed by atoms with E-state index in [2.05, 4.69) is 46.5 Å². The fourth-order valence-electron chi connectivity index (χ4n) is 4.04. The van der Waals surface area contributed by atoms with Crippen LogP contribution in [0, 0.1) is 6.92 Å². The Balaban J connectivity index is 1.38. The second kappa shape index (κ2) is 11.4. The molecule has 0 bridgehead atoms. The third kappa shape index (κ3) is 6.32. The van der Waals surface area contributed by atoms with Gasteiger partial charge in [0.15, 0.2) is 10.8 Å². The minimum atomic E-state index is 0.675. The lowest BCUT2D eigenvalue weighted by atomic mass is 10.1. The van der Waals surface area contributed by atoms with Crippen LogP contribution in [-0.2, 0) is 17.7 Å². The number of aromatic nitrogens is 4. The molecule has 0 saturated carbocycles. The average molecular weight is 509 g/mol. The molecule has 0 atom stereocenters. The van der Waals surface area contributed by atoms with Gasteiger partial charge in [-0.15, -0.1) is 0 Å². The predicted molar refractivity (Wildman–Crippen MR) is 143 cm³/mol. The predicted octanol–water partition coefficient (Wildman–Crippen LogP) is 5.20. The molecule has 2 aromatic carbocycles. The van der Waals surface area contributed by atoms with Crippen LogP contribution in [0.4, 0.5) is 11.5 Å². The Hall–Kier alpha value is -2.65. The number of benzene rings is 2. The second-order valence-corrected chi connectivity index (χ2v) is 10.1. The van der Waals surface area contributed by atoms with E-state index in [9.17, 15) is 0 Å². The Kier molecular flexibility index (Phi) is 7.83. The van der Waals surface area contributed by atoms with Crippen LogP contribution in [0.25, 0.3) is 11.0 Å². The van der Waals surface area contributed by atoms with E-state index < -0.39 is 0 Å². The Morgan fingerprint density at radius 2 is 1.89 bits per heavy atom. The fraction of sp³-hybridized carbons (Fsp3) is 0.346. The van der Waals surface area contributed by atoms with Crippen molar-refractivity contribution in [3.63, 3.8) is 0 Å². The van der Waals surface area contributed by atoms with Crippen LogP contribution in [0.2, 0.25) is 5.02 Å². The molecule has 3 heterocycles. The maximum absolute atomic E-state index is 6.21. The lowest BCUT2D eigenvalue weighted by molar-refractivity contribution is 0.0410. The fourth-order valence-corrected chi connectivity index (χ4v) is 5.07. The third-order valence-electron chi connectivity index (χ3n) is 6.04. The molecule has 35 heavy (non-hydrogen) atoms. The van der Waals surface area contributed by atoms with E-state index in [1.54, 1.807) is 11.8 Å². The van der Waals surface area contributed by atoms with Crippen molar-refractivity contribution >= 4 is 45.9 Å². The quantitative estimate of drug-likeness (QED) is 0.246. The van der Waals surface area contributed by atoms with Crippen molar-refractivity contribution in [2.75, 3.05) is 43.9 Å². The van der Waals surface area contributed by atoms with Crippen LogP contribution in [0.15, 0.2) is 59.9 Å². The molecule has 1 aliphatic rings. The molecule has 0 radical (unpaired) electrons. The molecule has 182 valence electrons. The van der Waals surface area contributed by atoms with E-state index in [-0.39, 0.29) is 0 Å². The van der Waals surface area contributed by atoms with Crippen LogP contribution in [0.3, 0.4) is 0 Å². The van der Waals surface area contributed by atoms with Crippen molar-refractivity contribution in [3.8, 4) is 0 Å². The lowest BCUT2D eigenvalue weighted by Gasteiger charge is -2.26. The van der Waals surface area contributed by atoms with Gasteiger partial charge in [-0.2, -0.15) is 5.10 Å². The molecule has 0 spiro atoms. The van der Waals surface area contributed by atoms with Gasteiger partial charge < -0.3 is 10.1 Å². The van der Waals surface area contributed by atoms with Gasteiger partial charge in [0.05, 0.1) is 24.8 Å². The smallest absolute Gasteiger partial charge is 0.191 e. The number of anilines is 2. The summed E-state index contributed by atoms with van der Waals surface area (Å²) in [6.07, 6.45) is 2.73. The van der Waals surface area contributed by atoms with Gasteiger partial charge in [-0.1, -0.05) is 59.3 Å². The number of ether oxygens (including phenoxy) is 1. The molecule has 1 saturated heterocycles. The maximum Gasteiger partial charge on any atom is 0.191 e. The van der Waals surface area contributed by atoms with Gasteiger partial charge in [0, 0.05) is 42.6 Å². The highest BCUT2D eigenvalue weighted by Gasteiger charge is 2.15. The van der Waals surface area contributed by atoms with Crippen molar-refractivity contribution in [1.82, 2.24) is 24.6 Å². The Labute approximate surface area is 214 Å². The number of hydrogen-bond donors (Lipinski definition) is 1. The molecule has 2 aromatic heterocycles. The highest BCUT2D eigenvalue weighted by atomic mass is 35.5. The van der Waals surface area contributed by atoms with E-state index in [4.69, 9.17) is 26.3 Å². The minimum Gasteiger partial charge on any atom is -0.379 e. The van der Waals surface area contributed by atoms with Crippen LogP contribution in [0.1, 0.15) is 11.1 Å². The number of aryl methyl sites for hydroxylation is 3. The largest absolute Gasteiger partial charge is 0.379 e. The summed E-state index contributed by atoms with van der Waals surface area (Å²) < 4.78 is 7.44. The van der Waals surface area contributed by atoms with Crippen LogP contribution < -0.4 is 5.32 Å². The van der Waals surface area contributed by atoms with Gasteiger partial charge in [0.1, 0.15) is 5.82 Å². The molecule has 9 heteroatoms. The number of nitrogens with zero attached hydrogens (tertiary/aromatic N) is 5. The van der Waals surface area contributed by atoms with Gasteiger partial charge in [-0.3, -0.25) is 4.90 Å². The van der Waals surface area contributed by atoms with Crippen LogP contribution >= 0.6 is 23.4 Å². The van der Waals surface area contributed by atoms with E-state index >= 15 is 0 Å². The summed E-state index contributed by atoms with van der Waals surface area (Å²) in [6, 6.07) is 16.3. The van der Waals surface area contributed by atoms with E-state index in [0.29, 0.717) is 5.02 Å². The minimum absolute atomic E-state index is 0.675. The standard InChI is InChI=1S/C26H29ClN6OS/c1-19-5-7-20(8-6-19)9-10-33-25-23(18-28-33)24(29-22-4-2-3-21(27)17-22)30-26(31-25)35-16-13-32-11-14-34-15-12-32/h2-8,17-18H,9-16H2,1H3,(H,29,30,31). The van der Waals surface area contributed by atoms with Gasteiger partial charge in [-0.05, 0) is 37.1 Å². The van der Waals surface area contributed by atoms with E-state index in [0.717, 1.165) is 79.3 Å². The molecular weight excluding hydrogens is 480 g/mol. The SMILES string of the molecule is Cc1ccc(CCn2ncc3c(Nc4cccc(Cl)c4)nc(SCCN4CCOCC4)nc32)cc1. The molecular formula is C26H29ClN6OS. The molecule has 7 nitrogen and oxygen atoms in total. The van der Waals surface area contributed by atoms with Crippen molar-refractivity contribution in [1.29, 1.82) is 0 Å². The van der Waals surface area contributed by atoms with Gasteiger partial charge >= 0.3 is 0 Å². The van der Waals surface area contributed by atoms with Crippen LogP contribution in [-0.4, -0.2) is 63.2 Å². The molecule has 4 aromatic rings. The van der Waals surface area contributed by atoms with E-state index in [1.165, 1.54) is 11.1 Å². The number of nitrogens with one attached hydrogen (secondary N) is 1. The molecule has 0 unspecified atom stereocenters. The average Bonchev–Trinajstić information content (AvgIpc) is 3.28. The number of morpholine rings is 1. The Morgan fingerprint density at radius 1 is 1.06 bits per heavy atom. The first-order valence-corrected chi connectivity index (χ1v) is 13.2. The van der Waals surface area contributed by atoms with Crippen molar-refractivity contribution in [3.05, 3.63) is 70.9 Å². The van der Waals surface area contributed by atoms with Gasteiger partial charge in [0.2, 0.25) is 0 Å². The number of halogens is 1. The molecule has 0 aliphatic carbocycles.